The van der Waals surface area contributed by atoms with E-state index in [0.717, 1.165) is 19.4 Å². The van der Waals surface area contributed by atoms with Gasteiger partial charge in [0.2, 0.25) is 0 Å². The lowest BCUT2D eigenvalue weighted by atomic mass is 10.2. The Morgan fingerprint density at radius 1 is 1.77 bits per heavy atom. The number of hydrogen-bond acceptors (Lipinski definition) is 3. The molecule has 4 nitrogen and oxygen atoms in total. The van der Waals surface area contributed by atoms with Gasteiger partial charge in [-0.2, -0.15) is 0 Å². The number of hydrogen-bond donors (Lipinski definition) is 1. The van der Waals surface area contributed by atoms with Gasteiger partial charge in [-0.3, -0.25) is 4.79 Å². The van der Waals surface area contributed by atoms with Crippen LogP contribution in [-0.2, 0) is 14.3 Å². The Labute approximate surface area is 77.8 Å². The van der Waals surface area contributed by atoms with E-state index in [1.54, 1.807) is 6.92 Å². The Hall–Kier alpha value is -0.610. The van der Waals surface area contributed by atoms with Crippen molar-refractivity contribution in [3.8, 4) is 0 Å². The van der Waals surface area contributed by atoms with Crippen LogP contribution in [0.1, 0.15) is 26.2 Å². The molecule has 0 bridgehead atoms. The first kappa shape index (κ1) is 10.5. The predicted molar refractivity (Wildman–Crippen MR) is 46.6 cm³/mol. The molecule has 1 aliphatic heterocycles. The highest BCUT2D eigenvalue weighted by Crippen LogP contribution is 2.13. The number of carboxylic acid groups (broad SMARTS) is 1. The monoisotopic (exact) mass is 188 g/mol. The Morgan fingerprint density at radius 2 is 2.54 bits per heavy atom. The van der Waals surface area contributed by atoms with Gasteiger partial charge >= 0.3 is 5.97 Å². The highest BCUT2D eigenvalue weighted by Gasteiger charge is 2.17. The molecule has 1 heterocycles. The molecule has 2 atom stereocenters. The van der Waals surface area contributed by atoms with Crippen LogP contribution < -0.4 is 0 Å². The van der Waals surface area contributed by atoms with Crippen molar-refractivity contribution < 1.29 is 19.4 Å². The SMILES string of the molecule is CC(CC(=O)O)OCC1CCCO1. The summed E-state index contributed by atoms with van der Waals surface area (Å²) in [6, 6.07) is 0. The van der Waals surface area contributed by atoms with E-state index in [1.165, 1.54) is 0 Å². The maximum Gasteiger partial charge on any atom is 0.305 e. The number of rotatable bonds is 5. The molecule has 1 N–H and O–H groups in total. The summed E-state index contributed by atoms with van der Waals surface area (Å²) in [5.41, 5.74) is 0. The first-order valence-corrected chi connectivity index (χ1v) is 4.63. The maximum atomic E-state index is 10.3. The molecule has 0 aromatic heterocycles. The Kier molecular flexibility index (Phi) is 4.18. The Morgan fingerprint density at radius 3 is 3.08 bits per heavy atom. The summed E-state index contributed by atoms with van der Waals surface area (Å²) in [6.07, 6.45) is 2.13. The molecule has 0 aromatic rings. The third kappa shape index (κ3) is 4.24. The number of ether oxygens (including phenoxy) is 2. The molecular formula is C9H16O4. The lowest BCUT2D eigenvalue weighted by molar-refractivity contribution is -0.140. The highest BCUT2D eigenvalue weighted by atomic mass is 16.5. The molecular weight excluding hydrogens is 172 g/mol. The first-order valence-electron chi connectivity index (χ1n) is 4.63. The fourth-order valence-electron chi connectivity index (χ4n) is 1.35. The van der Waals surface area contributed by atoms with Crippen LogP contribution in [0.2, 0.25) is 0 Å². The molecule has 1 rings (SSSR count). The summed E-state index contributed by atoms with van der Waals surface area (Å²) < 4.78 is 10.7. The van der Waals surface area contributed by atoms with Crippen LogP contribution in [0.5, 0.6) is 0 Å². The quantitative estimate of drug-likeness (QED) is 0.700. The van der Waals surface area contributed by atoms with E-state index in [9.17, 15) is 4.79 Å². The minimum Gasteiger partial charge on any atom is -0.481 e. The first-order chi connectivity index (χ1) is 6.18. The van der Waals surface area contributed by atoms with E-state index >= 15 is 0 Å². The zero-order chi connectivity index (χ0) is 9.68. The average molecular weight is 188 g/mol. The zero-order valence-electron chi connectivity index (χ0n) is 7.86. The molecule has 76 valence electrons. The average Bonchev–Trinajstić information content (AvgIpc) is 2.51. The lowest BCUT2D eigenvalue weighted by Gasteiger charge is -2.14. The van der Waals surface area contributed by atoms with Crippen molar-refractivity contribution in [1.82, 2.24) is 0 Å². The second-order valence-corrected chi connectivity index (χ2v) is 3.38. The van der Waals surface area contributed by atoms with Gasteiger partial charge in [0.15, 0.2) is 0 Å². The van der Waals surface area contributed by atoms with Crippen LogP contribution >= 0.6 is 0 Å². The van der Waals surface area contributed by atoms with Gasteiger partial charge < -0.3 is 14.6 Å². The fourth-order valence-corrected chi connectivity index (χ4v) is 1.35. The normalized spacial score (nSPS) is 24.5. The predicted octanol–water partition coefficient (Wildman–Crippen LogP) is 1.05. The van der Waals surface area contributed by atoms with Crippen LogP contribution in [0, 0.1) is 0 Å². The lowest BCUT2D eigenvalue weighted by Crippen LogP contribution is -2.21. The summed E-state index contributed by atoms with van der Waals surface area (Å²) >= 11 is 0. The van der Waals surface area contributed by atoms with E-state index in [1.807, 2.05) is 0 Å². The Bertz CT molecular complexity index is 163. The summed E-state index contributed by atoms with van der Waals surface area (Å²) in [6.45, 7) is 3.10. The van der Waals surface area contributed by atoms with Crippen LogP contribution in [0.3, 0.4) is 0 Å². The van der Waals surface area contributed by atoms with E-state index in [2.05, 4.69) is 0 Å². The van der Waals surface area contributed by atoms with Crippen molar-refractivity contribution in [3.63, 3.8) is 0 Å². The van der Waals surface area contributed by atoms with E-state index < -0.39 is 5.97 Å². The summed E-state index contributed by atoms with van der Waals surface area (Å²) in [4.78, 5) is 10.3. The smallest absolute Gasteiger partial charge is 0.305 e. The Balaban J connectivity index is 2.06. The van der Waals surface area contributed by atoms with Gasteiger partial charge in [0, 0.05) is 6.61 Å². The topological polar surface area (TPSA) is 55.8 Å². The van der Waals surface area contributed by atoms with Gasteiger partial charge in [-0.05, 0) is 19.8 Å². The minimum absolute atomic E-state index is 0.0622. The van der Waals surface area contributed by atoms with Crippen molar-refractivity contribution in [2.75, 3.05) is 13.2 Å². The van der Waals surface area contributed by atoms with Crippen LogP contribution in [0.25, 0.3) is 0 Å². The van der Waals surface area contributed by atoms with E-state index in [4.69, 9.17) is 14.6 Å². The number of carboxylic acids is 1. The van der Waals surface area contributed by atoms with Gasteiger partial charge in [0.1, 0.15) is 0 Å². The van der Waals surface area contributed by atoms with Crippen LogP contribution in [0.15, 0.2) is 0 Å². The molecule has 13 heavy (non-hydrogen) atoms. The van der Waals surface area contributed by atoms with Crippen molar-refractivity contribution in [1.29, 1.82) is 0 Å². The van der Waals surface area contributed by atoms with Crippen molar-refractivity contribution in [2.45, 2.75) is 38.4 Å². The molecule has 4 heteroatoms. The third-order valence-corrected chi connectivity index (χ3v) is 2.05. The number of aliphatic carboxylic acids is 1. The maximum absolute atomic E-state index is 10.3. The summed E-state index contributed by atoms with van der Waals surface area (Å²) in [5.74, 6) is -0.820. The molecule has 0 saturated carbocycles. The van der Waals surface area contributed by atoms with Gasteiger partial charge in [-0.25, -0.2) is 0 Å². The molecule has 1 aliphatic rings. The van der Waals surface area contributed by atoms with Crippen molar-refractivity contribution in [3.05, 3.63) is 0 Å². The summed E-state index contributed by atoms with van der Waals surface area (Å²) in [5, 5.41) is 8.46. The molecule has 1 saturated heterocycles. The second kappa shape index (κ2) is 5.19. The molecule has 0 aromatic carbocycles. The van der Waals surface area contributed by atoms with Crippen molar-refractivity contribution >= 4 is 5.97 Å². The van der Waals surface area contributed by atoms with Crippen LogP contribution in [-0.4, -0.2) is 36.5 Å². The van der Waals surface area contributed by atoms with Crippen molar-refractivity contribution in [2.24, 2.45) is 0 Å². The summed E-state index contributed by atoms with van der Waals surface area (Å²) in [7, 11) is 0. The number of carbonyl (C=O) groups is 1. The molecule has 1 fully saturated rings. The van der Waals surface area contributed by atoms with Gasteiger partial charge in [0.25, 0.3) is 0 Å². The molecule has 0 spiro atoms. The molecule has 0 aliphatic carbocycles. The highest BCUT2D eigenvalue weighted by molar-refractivity contribution is 5.67. The zero-order valence-corrected chi connectivity index (χ0v) is 7.86. The van der Waals surface area contributed by atoms with E-state index in [-0.39, 0.29) is 18.6 Å². The largest absolute Gasteiger partial charge is 0.481 e. The van der Waals surface area contributed by atoms with Gasteiger partial charge in [0.05, 0.1) is 25.2 Å². The fraction of sp³-hybridized carbons (Fsp3) is 0.889. The van der Waals surface area contributed by atoms with Gasteiger partial charge in [-0.1, -0.05) is 0 Å². The second-order valence-electron chi connectivity index (χ2n) is 3.38. The standard InChI is InChI=1S/C9H16O4/c1-7(5-9(10)11)13-6-8-3-2-4-12-8/h7-8H,2-6H2,1H3,(H,10,11). The van der Waals surface area contributed by atoms with E-state index in [0.29, 0.717) is 6.61 Å². The van der Waals surface area contributed by atoms with Crippen LogP contribution in [0.4, 0.5) is 0 Å². The molecule has 0 amide bonds. The van der Waals surface area contributed by atoms with Gasteiger partial charge in [-0.15, -0.1) is 0 Å². The minimum atomic E-state index is -0.820. The third-order valence-electron chi connectivity index (χ3n) is 2.05. The molecule has 0 radical (unpaired) electrons. The molecule has 2 unspecified atom stereocenters.